The lowest BCUT2D eigenvalue weighted by Crippen LogP contribution is -2.42. The van der Waals surface area contributed by atoms with Crippen LogP contribution in [0.5, 0.6) is 0 Å². The second kappa shape index (κ2) is 5.33. The summed E-state index contributed by atoms with van der Waals surface area (Å²) in [6.45, 7) is 3.71. The van der Waals surface area contributed by atoms with E-state index in [0.717, 1.165) is 11.1 Å². The summed E-state index contributed by atoms with van der Waals surface area (Å²) in [5.74, 6) is 0. The molecule has 0 saturated heterocycles. The molecule has 1 fully saturated rings. The van der Waals surface area contributed by atoms with Crippen LogP contribution < -0.4 is 16.6 Å². The standard InChI is InChI=1S/C14H23N3O2/c1-4-14(6-5-7-14)10-15-8-11-9-16(2)13(19)17(3)12(11)18/h9,15H,4-8,10H2,1-3H3. The predicted octanol–water partition coefficient (Wildman–Crippen LogP) is 0.754. The van der Waals surface area contributed by atoms with Crippen LogP contribution in [-0.4, -0.2) is 15.7 Å². The van der Waals surface area contributed by atoms with Crippen molar-refractivity contribution in [1.29, 1.82) is 0 Å². The molecule has 0 atom stereocenters. The quantitative estimate of drug-likeness (QED) is 0.855. The molecular formula is C14H23N3O2. The Morgan fingerprint density at radius 2 is 2.00 bits per heavy atom. The first-order valence-corrected chi connectivity index (χ1v) is 6.95. The van der Waals surface area contributed by atoms with Crippen molar-refractivity contribution in [2.75, 3.05) is 6.54 Å². The third-order valence-corrected chi connectivity index (χ3v) is 4.50. The first-order chi connectivity index (χ1) is 8.99. The zero-order chi connectivity index (χ0) is 14.0. The van der Waals surface area contributed by atoms with Crippen LogP contribution in [0.1, 0.15) is 38.2 Å². The van der Waals surface area contributed by atoms with Crippen molar-refractivity contribution in [2.24, 2.45) is 19.5 Å². The summed E-state index contributed by atoms with van der Waals surface area (Å²) < 4.78 is 2.62. The van der Waals surface area contributed by atoms with E-state index in [1.807, 2.05) is 0 Å². The van der Waals surface area contributed by atoms with Crippen molar-refractivity contribution in [3.63, 3.8) is 0 Å². The molecule has 5 heteroatoms. The highest BCUT2D eigenvalue weighted by Gasteiger charge is 2.34. The summed E-state index contributed by atoms with van der Waals surface area (Å²) in [6.07, 6.45) is 6.70. The summed E-state index contributed by atoms with van der Waals surface area (Å²) >= 11 is 0. The van der Waals surface area contributed by atoms with Crippen LogP contribution in [-0.2, 0) is 20.6 Å². The van der Waals surface area contributed by atoms with Crippen LogP contribution in [0, 0.1) is 5.41 Å². The molecule has 5 nitrogen and oxygen atoms in total. The van der Waals surface area contributed by atoms with Crippen LogP contribution in [0.2, 0.25) is 0 Å². The molecule has 1 aromatic heterocycles. The zero-order valence-corrected chi connectivity index (χ0v) is 12.0. The number of hydrogen-bond donors (Lipinski definition) is 1. The summed E-state index contributed by atoms with van der Waals surface area (Å²) in [5, 5.41) is 3.38. The Morgan fingerprint density at radius 3 is 2.53 bits per heavy atom. The molecule has 106 valence electrons. The number of nitrogens with zero attached hydrogens (tertiary/aromatic N) is 2. The van der Waals surface area contributed by atoms with Gasteiger partial charge >= 0.3 is 5.69 Å². The molecule has 1 aliphatic carbocycles. The van der Waals surface area contributed by atoms with Gasteiger partial charge in [0.25, 0.3) is 5.56 Å². The van der Waals surface area contributed by atoms with Crippen molar-refractivity contribution >= 4 is 0 Å². The molecule has 19 heavy (non-hydrogen) atoms. The third kappa shape index (κ3) is 2.66. The van der Waals surface area contributed by atoms with Crippen molar-refractivity contribution in [3.05, 3.63) is 32.6 Å². The van der Waals surface area contributed by atoms with Crippen LogP contribution in [0.15, 0.2) is 15.8 Å². The Kier molecular flexibility index (Phi) is 3.94. The minimum Gasteiger partial charge on any atom is -0.312 e. The van der Waals surface area contributed by atoms with Gasteiger partial charge in [-0.1, -0.05) is 13.3 Å². The fourth-order valence-corrected chi connectivity index (χ4v) is 2.80. The van der Waals surface area contributed by atoms with E-state index in [-0.39, 0.29) is 11.2 Å². The van der Waals surface area contributed by atoms with E-state index in [1.165, 1.54) is 37.3 Å². The molecule has 0 spiro atoms. The maximum Gasteiger partial charge on any atom is 0.330 e. The van der Waals surface area contributed by atoms with Crippen molar-refractivity contribution in [2.45, 2.75) is 39.2 Å². The Balaban J connectivity index is 2.04. The van der Waals surface area contributed by atoms with E-state index in [9.17, 15) is 9.59 Å². The van der Waals surface area contributed by atoms with Gasteiger partial charge in [-0.25, -0.2) is 4.79 Å². The van der Waals surface area contributed by atoms with Gasteiger partial charge < -0.3 is 9.88 Å². The Hall–Kier alpha value is -1.36. The Labute approximate surface area is 113 Å². The highest BCUT2D eigenvalue weighted by molar-refractivity contribution is 5.05. The third-order valence-electron chi connectivity index (χ3n) is 4.50. The molecule has 1 saturated carbocycles. The van der Waals surface area contributed by atoms with Gasteiger partial charge in [0, 0.05) is 38.9 Å². The van der Waals surface area contributed by atoms with Crippen LogP contribution >= 0.6 is 0 Å². The van der Waals surface area contributed by atoms with E-state index in [1.54, 1.807) is 13.2 Å². The molecule has 0 unspecified atom stereocenters. The van der Waals surface area contributed by atoms with Crippen molar-refractivity contribution < 1.29 is 0 Å². The van der Waals surface area contributed by atoms with E-state index >= 15 is 0 Å². The summed E-state index contributed by atoms with van der Waals surface area (Å²) in [4.78, 5) is 23.5. The molecule has 1 heterocycles. The maximum atomic E-state index is 12.0. The molecule has 0 amide bonds. The van der Waals surface area contributed by atoms with E-state index in [0.29, 0.717) is 17.5 Å². The van der Waals surface area contributed by atoms with Crippen molar-refractivity contribution in [3.8, 4) is 0 Å². The van der Waals surface area contributed by atoms with Gasteiger partial charge in [-0.05, 0) is 24.7 Å². The first-order valence-electron chi connectivity index (χ1n) is 6.95. The molecule has 1 aliphatic rings. The fourth-order valence-electron chi connectivity index (χ4n) is 2.80. The van der Waals surface area contributed by atoms with Gasteiger partial charge in [-0.15, -0.1) is 0 Å². The van der Waals surface area contributed by atoms with E-state index in [4.69, 9.17) is 0 Å². The van der Waals surface area contributed by atoms with Gasteiger partial charge in [-0.2, -0.15) is 0 Å². The van der Waals surface area contributed by atoms with Crippen molar-refractivity contribution in [1.82, 2.24) is 14.5 Å². The topological polar surface area (TPSA) is 56.0 Å². The average molecular weight is 265 g/mol. The second-order valence-electron chi connectivity index (χ2n) is 5.72. The first kappa shape index (κ1) is 14.1. The monoisotopic (exact) mass is 265 g/mol. The summed E-state index contributed by atoms with van der Waals surface area (Å²) in [5.41, 5.74) is 0.606. The Morgan fingerprint density at radius 1 is 1.32 bits per heavy atom. The zero-order valence-electron chi connectivity index (χ0n) is 12.0. The number of hydrogen-bond acceptors (Lipinski definition) is 3. The van der Waals surface area contributed by atoms with Crippen LogP contribution in [0.25, 0.3) is 0 Å². The van der Waals surface area contributed by atoms with Gasteiger partial charge in [0.05, 0.1) is 0 Å². The lowest BCUT2D eigenvalue weighted by atomic mass is 9.67. The molecule has 0 aromatic carbocycles. The number of aryl methyl sites for hydroxylation is 1. The SMILES string of the molecule is CCC1(CNCc2cn(C)c(=O)n(C)c2=O)CCC1. The predicted molar refractivity (Wildman–Crippen MR) is 75.2 cm³/mol. The van der Waals surface area contributed by atoms with Gasteiger partial charge in [0.2, 0.25) is 0 Å². The van der Waals surface area contributed by atoms with E-state index < -0.39 is 0 Å². The average Bonchev–Trinajstić information content (AvgIpc) is 2.36. The highest BCUT2D eigenvalue weighted by Crippen LogP contribution is 2.42. The Bertz CT molecular complexity index is 562. The summed E-state index contributed by atoms with van der Waals surface area (Å²) in [6, 6.07) is 0. The number of rotatable bonds is 5. The van der Waals surface area contributed by atoms with Crippen LogP contribution in [0.4, 0.5) is 0 Å². The smallest absolute Gasteiger partial charge is 0.312 e. The molecular weight excluding hydrogens is 242 g/mol. The normalized spacial score (nSPS) is 17.2. The molecule has 1 aromatic rings. The lowest BCUT2D eigenvalue weighted by molar-refractivity contribution is 0.123. The maximum absolute atomic E-state index is 12.0. The summed E-state index contributed by atoms with van der Waals surface area (Å²) in [7, 11) is 3.19. The van der Waals surface area contributed by atoms with E-state index in [2.05, 4.69) is 12.2 Å². The van der Waals surface area contributed by atoms with Crippen LogP contribution in [0.3, 0.4) is 0 Å². The minimum absolute atomic E-state index is 0.199. The van der Waals surface area contributed by atoms with Gasteiger partial charge in [0.1, 0.15) is 0 Å². The second-order valence-corrected chi connectivity index (χ2v) is 5.72. The number of nitrogens with one attached hydrogen (secondary N) is 1. The number of aromatic nitrogens is 2. The van der Waals surface area contributed by atoms with Gasteiger partial charge in [0.15, 0.2) is 0 Å². The molecule has 2 rings (SSSR count). The highest BCUT2D eigenvalue weighted by atomic mass is 16.2. The molecule has 0 bridgehead atoms. The minimum atomic E-state index is -0.280. The largest absolute Gasteiger partial charge is 0.330 e. The fraction of sp³-hybridized carbons (Fsp3) is 0.714. The molecule has 0 aliphatic heterocycles. The molecule has 0 radical (unpaired) electrons. The molecule has 1 N–H and O–H groups in total. The van der Waals surface area contributed by atoms with Gasteiger partial charge in [-0.3, -0.25) is 9.36 Å². The lowest BCUT2D eigenvalue weighted by Gasteiger charge is -2.41.